The Labute approximate surface area is 120 Å². The van der Waals surface area contributed by atoms with E-state index >= 15 is 0 Å². The molecule has 0 radical (unpaired) electrons. The maximum Gasteiger partial charge on any atom is 0.307 e. The first-order valence-corrected chi connectivity index (χ1v) is 6.23. The van der Waals surface area contributed by atoms with Crippen LogP contribution in [-0.2, 0) is 11.2 Å². The molecular weight excluding hydrogens is 283 g/mol. The first kappa shape index (κ1) is 14.3. The van der Waals surface area contributed by atoms with Crippen LogP contribution in [0.3, 0.4) is 0 Å². The van der Waals surface area contributed by atoms with E-state index in [1.165, 1.54) is 19.2 Å². The van der Waals surface area contributed by atoms with Gasteiger partial charge in [-0.1, -0.05) is 23.7 Å². The molecule has 0 saturated heterocycles. The van der Waals surface area contributed by atoms with E-state index in [0.29, 0.717) is 27.5 Å². The van der Waals surface area contributed by atoms with Gasteiger partial charge in [0.25, 0.3) is 0 Å². The lowest BCUT2D eigenvalue weighted by Crippen LogP contribution is -2.00. The number of carbonyl (C=O) groups is 1. The summed E-state index contributed by atoms with van der Waals surface area (Å²) in [5, 5.41) is 9.05. The summed E-state index contributed by atoms with van der Waals surface area (Å²) in [7, 11) is 1.50. The number of benzene rings is 2. The molecule has 5 heteroatoms. The predicted molar refractivity (Wildman–Crippen MR) is 74.7 cm³/mol. The smallest absolute Gasteiger partial charge is 0.307 e. The lowest BCUT2D eigenvalue weighted by Gasteiger charge is -2.09. The average molecular weight is 295 g/mol. The summed E-state index contributed by atoms with van der Waals surface area (Å²) in [5.74, 6) is -0.827. The minimum absolute atomic E-state index is 0.167. The monoisotopic (exact) mass is 294 g/mol. The van der Waals surface area contributed by atoms with Crippen LogP contribution in [0.4, 0.5) is 4.39 Å². The zero-order valence-electron chi connectivity index (χ0n) is 10.7. The Balaban J connectivity index is 2.43. The highest BCUT2D eigenvalue weighted by Crippen LogP contribution is 2.30. The number of ether oxygens (including phenoxy) is 1. The van der Waals surface area contributed by atoms with Gasteiger partial charge in [-0.2, -0.15) is 0 Å². The van der Waals surface area contributed by atoms with Gasteiger partial charge in [0, 0.05) is 10.6 Å². The van der Waals surface area contributed by atoms with Gasteiger partial charge in [0.15, 0.2) is 0 Å². The molecule has 0 amide bonds. The summed E-state index contributed by atoms with van der Waals surface area (Å²) in [6, 6.07) is 9.19. The summed E-state index contributed by atoms with van der Waals surface area (Å²) in [6.45, 7) is 0. The number of carboxylic acids is 1. The van der Waals surface area contributed by atoms with Crippen LogP contribution in [0.25, 0.3) is 11.1 Å². The Bertz CT molecular complexity index is 656. The van der Waals surface area contributed by atoms with Gasteiger partial charge in [0.05, 0.1) is 13.5 Å². The van der Waals surface area contributed by atoms with Crippen LogP contribution in [0.15, 0.2) is 36.4 Å². The third kappa shape index (κ3) is 3.08. The summed E-state index contributed by atoms with van der Waals surface area (Å²) in [4.78, 5) is 10.7. The van der Waals surface area contributed by atoms with Crippen LogP contribution in [-0.4, -0.2) is 18.2 Å². The second-order valence-electron chi connectivity index (χ2n) is 4.22. The quantitative estimate of drug-likeness (QED) is 0.933. The molecule has 0 saturated carbocycles. The Morgan fingerprint density at radius 3 is 2.65 bits per heavy atom. The van der Waals surface area contributed by atoms with Crippen molar-refractivity contribution in [1.82, 2.24) is 0 Å². The highest BCUT2D eigenvalue weighted by molar-refractivity contribution is 6.31. The molecule has 0 fully saturated rings. The fraction of sp³-hybridized carbons (Fsp3) is 0.133. The van der Waals surface area contributed by atoms with E-state index in [9.17, 15) is 9.18 Å². The molecule has 20 heavy (non-hydrogen) atoms. The fourth-order valence-electron chi connectivity index (χ4n) is 1.87. The van der Waals surface area contributed by atoms with E-state index in [1.807, 2.05) is 0 Å². The third-order valence-electron chi connectivity index (χ3n) is 2.88. The summed E-state index contributed by atoms with van der Waals surface area (Å²) in [5.41, 5.74) is 1.42. The van der Waals surface area contributed by atoms with Gasteiger partial charge in [-0.25, -0.2) is 4.39 Å². The van der Waals surface area contributed by atoms with E-state index in [4.69, 9.17) is 21.4 Å². The second-order valence-corrected chi connectivity index (χ2v) is 4.63. The maximum atomic E-state index is 13.8. The van der Waals surface area contributed by atoms with Crippen molar-refractivity contribution in [3.05, 3.63) is 52.8 Å². The molecule has 2 aromatic carbocycles. The Morgan fingerprint density at radius 1 is 1.30 bits per heavy atom. The maximum absolute atomic E-state index is 13.8. The van der Waals surface area contributed by atoms with Crippen molar-refractivity contribution in [2.45, 2.75) is 6.42 Å². The van der Waals surface area contributed by atoms with Gasteiger partial charge in [-0.3, -0.25) is 4.79 Å². The average Bonchev–Trinajstić information content (AvgIpc) is 2.41. The SMILES string of the molecule is COc1ccc(F)c(-c2ccc(CC(=O)O)c(Cl)c2)c1. The number of hydrogen-bond donors (Lipinski definition) is 1. The molecule has 0 unspecified atom stereocenters. The van der Waals surface area contributed by atoms with Crippen molar-refractivity contribution in [3.8, 4) is 16.9 Å². The first-order chi connectivity index (χ1) is 9.51. The molecule has 2 rings (SSSR count). The minimum atomic E-state index is -0.966. The standard InChI is InChI=1S/C15H12ClFO3/c1-20-11-4-5-14(17)12(8-11)9-2-3-10(7-15(18)19)13(16)6-9/h2-6,8H,7H2,1H3,(H,18,19). The summed E-state index contributed by atoms with van der Waals surface area (Å²) < 4.78 is 18.9. The largest absolute Gasteiger partial charge is 0.497 e. The number of rotatable bonds is 4. The summed E-state index contributed by atoms with van der Waals surface area (Å²) in [6.07, 6.45) is -0.167. The molecule has 0 heterocycles. The molecule has 1 N–H and O–H groups in total. The van der Waals surface area contributed by atoms with Crippen LogP contribution >= 0.6 is 11.6 Å². The lowest BCUT2D eigenvalue weighted by molar-refractivity contribution is -0.136. The molecule has 0 spiro atoms. The minimum Gasteiger partial charge on any atom is -0.497 e. The van der Waals surface area contributed by atoms with E-state index < -0.39 is 11.8 Å². The molecule has 2 aromatic rings. The van der Waals surface area contributed by atoms with Crippen molar-refractivity contribution in [3.63, 3.8) is 0 Å². The lowest BCUT2D eigenvalue weighted by atomic mass is 10.0. The molecule has 0 aromatic heterocycles. The number of hydrogen-bond acceptors (Lipinski definition) is 2. The predicted octanol–water partition coefficient (Wildman–Crippen LogP) is 3.78. The molecule has 104 valence electrons. The zero-order valence-corrected chi connectivity index (χ0v) is 11.4. The van der Waals surface area contributed by atoms with Crippen LogP contribution < -0.4 is 4.74 Å². The molecule has 0 atom stereocenters. The molecule has 0 aliphatic heterocycles. The topological polar surface area (TPSA) is 46.5 Å². The number of methoxy groups -OCH3 is 1. The van der Waals surface area contributed by atoms with Crippen molar-refractivity contribution < 1.29 is 19.0 Å². The number of halogens is 2. The van der Waals surface area contributed by atoms with E-state index in [0.717, 1.165) is 0 Å². The van der Waals surface area contributed by atoms with Gasteiger partial charge in [0.2, 0.25) is 0 Å². The van der Waals surface area contributed by atoms with Gasteiger partial charge in [-0.15, -0.1) is 0 Å². The molecule has 3 nitrogen and oxygen atoms in total. The van der Waals surface area contributed by atoms with E-state index in [1.54, 1.807) is 24.3 Å². The number of carboxylic acid groups (broad SMARTS) is 1. The van der Waals surface area contributed by atoms with Crippen molar-refractivity contribution in [2.24, 2.45) is 0 Å². The Morgan fingerprint density at radius 2 is 2.05 bits per heavy atom. The Hall–Kier alpha value is -2.07. The molecule has 0 aliphatic carbocycles. The first-order valence-electron chi connectivity index (χ1n) is 5.85. The van der Waals surface area contributed by atoms with Crippen LogP contribution in [0.5, 0.6) is 5.75 Å². The van der Waals surface area contributed by atoms with Gasteiger partial charge < -0.3 is 9.84 Å². The molecule has 0 aliphatic rings. The Kier molecular flexibility index (Phi) is 4.25. The summed E-state index contributed by atoms with van der Waals surface area (Å²) >= 11 is 6.03. The van der Waals surface area contributed by atoms with Crippen molar-refractivity contribution in [1.29, 1.82) is 0 Å². The highest BCUT2D eigenvalue weighted by Gasteiger charge is 2.11. The van der Waals surface area contributed by atoms with Gasteiger partial charge in [0.1, 0.15) is 11.6 Å². The van der Waals surface area contributed by atoms with Crippen molar-refractivity contribution in [2.75, 3.05) is 7.11 Å². The van der Waals surface area contributed by atoms with Crippen molar-refractivity contribution >= 4 is 17.6 Å². The number of aliphatic carboxylic acids is 1. The molecular formula is C15H12ClFO3. The van der Waals surface area contributed by atoms with Crippen LogP contribution in [0.2, 0.25) is 5.02 Å². The third-order valence-corrected chi connectivity index (χ3v) is 3.23. The van der Waals surface area contributed by atoms with Gasteiger partial charge >= 0.3 is 5.97 Å². The van der Waals surface area contributed by atoms with E-state index in [2.05, 4.69) is 0 Å². The normalized spacial score (nSPS) is 10.3. The molecule has 0 bridgehead atoms. The fourth-order valence-corrected chi connectivity index (χ4v) is 2.12. The zero-order chi connectivity index (χ0) is 14.7. The van der Waals surface area contributed by atoms with E-state index in [-0.39, 0.29) is 6.42 Å². The van der Waals surface area contributed by atoms with Crippen LogP contribution in [0, 0.1) is 5.82 Å². The second kappa shape index (κ2) is 5.92. The van der Waals surface area contributed by atoms with Crippen LogP contribution in [0.1, 0.15) is 5.56 Å². The van der Waals surface area contributed by atoms with Gasteiger partial charge in [-0.05, 0) is 35.4 Å². The highest BCUT2D eigenvalue weighted by atomic mass is 35.5.